The Kier molecular flexibility index (Phi) is 5.75. The van der Waals surface area contributed by atoms with Gasteiger partial charge in [-0.2, -0.15) is 0 Å². The van der Waals surface area contributed by atoms with E-state index in [1.165, 1.54) is 42.3 Å². The Morgan fingerprint density at radius 2 is 1.71 bits per heavy atom. The van der Waals surface area contributed by atoms with Crippen LogP contribution in [0.25, 0.3) is 11.0 Å². The lowest BCUT2D eigenvalue weighted by atomic mass is 9.94. The zero-order chi connectivity index (χ0) is 24.9. The van der Waals surface area contributed by atoms with E-state index >= 15 is 0 Å². The summed E-state index contributed by atoms with van der Waals surface area (Å²) in [5, 5.41) is 12.2. The van der Waals surface area contributed by atoms with Gasteiger partial charge in [-0.3, -0.25) is 14.5 Å². The normalized spacial score (nSPS) is 15.8. The van der Waals surface area contributed by atoms with Crippen molar-refractivity contribution < 1.29 is 28.2 Å². The van der Waals surface area contributed by atoms with E-state index < -0.39 is 29.3 Å². The number of anilines is 1. The number of aliphatic hydroxyl groups is 1. The van der Waals surface area contributed by atoms with Crippen LogP contribution in [-0.4, -0.2) is 23.9 Å². The summed E-state index contributed by atoms with van der Waals surface area (Å²) in [5.74, 6) is -2.52. The second kappa shape index (κ2) is 8.76. The number of Topliss-reactive ketones (excluding diaryl/α,β-unsaturated/α-hetero) is 1. The first-order valence-corrected chi connectivity index (χ1v) is 11.1. The molecule has 2 heterocycles. The van der Waals surface area contributed by atoms with Gasteiger partial charge in [-0.1, -0.05) is 35.3 Å². The number of ketones is 1. The predicted octanol–water partition coefficient (Wildman–Crippen LogP) is 6.67. The summed E-state index contributed by atoms with van der Waals surface area (Å²) < 4.78 is 24.6. The standard InChI is InChI=1S/C26H16Cl2FNO5/c1-34-20-12-16(28)10-14-11-19(35-25(14)20)23(31)21-22(13-2-4-15(27)5-3-13)30(26(33)24(21)32)18-8-6-17(29)7-9-18/h2-12,22,32H,1H3. The van der Waals surface area contributed by atoms with E-state index in [9.17, 15) is 19.1 Å². The molecule has 3 aromatic carbocycles. The van der Waals surface area contributed by atoms with Crippen LogP contribution in [0.1, 0.15) is 22.2 Å². The number of hydrogen-bond acceptors (Lipinski definition) is 5. The van der Waals surface area contributed by atoms with Gasteiger partial charge in [0.15, 0.2) is 22.9 Å². The van der Waals surface area contributed by atoms with Crippen LogP contribution in [0.2, 0.25) is 10.0 Å². The first-order valence-electron chi connectivity index (χ1n) is 10.4. The molecule has 1 N–H and O–H groups in total. The Bertz CT molecular complexity index is 1510. The van der Waals surface area contributed by atoms with Gasteiger partial charge in [0, 0.05) is 27.2 Å². The highest BCUT2D eigenvalue weighted by Crippen LogP contribution is 2.43. The van der Waals surface area contributed by atoms with E-state index in [0.29, 0.717) is 38.0 Å². The fraction of sp³-hybridized carbons (Fsp3) is 0.0769. The van der Waals surface area contributed by atoms with E-state index in [1.807, 2.05) is 0 Å². The van der Waals surface area contributed by atoms with Gasteiger partial charge in [0.2, 0.25) is 5.78 Å². The maximum absolute atomic E-state index is 13.7. The van der Waals surface area contributed by atoms with Crippen LogP contribution in [0.4, 0.5) is 10.1 Å². The minimum Gasteiger partial charge on any atom is -0.503 e. The third-order valence-electron chi connectivity index (χ3n) is 5.73. The zero-order valence-corrected chi connectivity index (χ0v) is 19.6. The topological polar surface area (TPSA) is 80.0 Å². The molecule has 1 aromatic heterocycles. The van der Waals surface area contributed by atoms with Gasteiger partial charge in [0.25, 0.3) is 5.91 Å². The molecule has 176 valence electrons. The number of methoxy groups -OCH3 is 1. The average molecular weight is 512 g/mol. The predicted molar refractivity (Wildman–Crippen MR) is 130 cm³/mol. The third-order valence-corrected chi connectivity index (χ3v) is 6.20. The number of amides is 1. The summed E-state index contributed by atoms with van der Waals surface area (Å²) >= 11 is 12.2. The molecule has 0 saturated heterocycles. The Morgan fingerprint density at radius 1 is 1.03 bits per heavy atom. The number of benzene rings is 3. The van der Waals surface area contributed by atoms with Crippen molar-refractivity contribution in [2.45, 2.75) is 6.04 Å². The lowest BCUT2D eigenvalue weighted by Gasteiger charge is -2.26. The van der Waals surface area contributed by atoms with Gasteiger partial charge in [-0.15, -0.1) is 0 Å². The Balaban J connectivity index is 1.66. The van der Waals surface area contributed by atoms with Crippen LogP contribution in [-0.2, 0) is 4.79 Å². The van der Waals surface area contributed by atoms with Gasteiger partial charge in [0.05, 0.1) is 18.7 Å². The average Bonchev–Trinajstić information content (AvgIpc) is 3.38. The summed E-state index contributed by atoms with van der Waals surface area (Å²) in [5.41, 5.74) is 0.911. The molecular formula is C26H16Cl2FNO5. The molecule has 0 saturated carbocycles. The second-order valence-electron chi connectivity index (χ2n) is 7.83. The van der Waals surface area contributed by atoms with Crippen molar-refractivity contribution in [2.75, 3.05) is 12.0 Å². The maximum Gasteiger partial charge on any atom is 0.294 e. The van der Waals surface area contributed by atoms with Crippen molar-refractivity contribution in [3.8, 4) is 5.75 Å². The molecule has 0 fully saturated rings. The molecular weight excluding hydrogens is 496 g/mol. The molecule has 35 heavy (non-hydrogen) atoms. The fourth-order valence-corrected chi connectivity index (χ4v) is 4.49. The molecule has 0 aliphatic carbocycles. The Hall–Kier alpha value is -3.81. The quantitative estimate of drug-likeness (QED) is 0.302. The van der Waals surface area contributed by atoms with Crippen molar-refractivity contribution >= 4 is 51.5 Å². The number of rotatable bonds is 5. The number of furan rings is 1. The summed E-state index contributed by atoms with van der Waals surface area (Å²) in [7, 11) is 1.44. The molecule has 1 unspecified atom stereocenters. The molecule has 6 nitrogen and oxygen atoms in total. The molecule has 9 heteroatoms. The zero-order valence-electron chi connectivity index (χ0n) is 18.1. The Morgan fingerprint density at radius 3 is 2.37 bits per heavy atom. The van der Waals surface area contributed by atoms with Crippen molar-refractivity contribution in [2.24, 2.45) is 0 Å². The van der Waals surface area contributed by atoms with Gasteiger partial charge < -0.3 is 14.3 Å². The highest BCUT2D eigenvalue weighted by atomic mass is 35.5. The highest BCUT2D eigenvalue weighted by Gasteiger charge is 2.45. The maximum atomic E-state index is 13.7. The van der Waals surface area contributed by atoms with Crippen molar-refractivity contribution in [1.29, 1.82) is 0 Å². The fourth-order valence-electron chi connectivity index (χ4n) is 4.15. The van der Waals surface area contributed by atoms with E-state index in [-0.39, 0.29) is 11.3 Å². The largest absolute Gasteiger partial charge is 0.503 e. The number of halogens is 3. The molecule has 0 radical (unpaired) electrons. The molecule has 1 atom stereocenters. The van der Waals surface area contributed by atoms with E-state index in [1.54, 1.807) is 36.4 Å². The highest BCUT2D eigenvalue weighted by molar-refractivity contribution is 6.31. The van der Waals surface area contributed by atoms with Crippen LogP contribution < -0.4 is 9.64 Å². The molecule has 0 bridgehead atoms. The lowest BCUT2D eigenvalue weighted by molar-refractivity contribution is -0.117. The third kappa shape index (κ3) is 3.92. The van der Waals surface area contributed by atoms with Crippen LogP contribution >= 0.6 is 23.2 Å². The lowest BCUT2D eigenvalue weighted by Crippen LogP contribution is -2.31. The number of hydrogen-bond donors (Lipinski definition) is 1. The Labute approximate surface area is 208 Å². The number of aliphatic hydroxyl groups excluding tert-OH is 1. The monoisotopic (exact) mass is 511 g/mol. The number of ether oxygens (including phenoxy) is 1. The minimum atomic E-state index is -1.02. The molecule has 5 rings (SSSR count). The number of fused-ring (bicyclic) bond motifs is 1. The first kappa shape index (κ1) is 23.0. The van der Waals surface area contributed by atoms with Crippen LogP contribution in [0.5, 0.6) is 5.75 Å². The van der Waals surface area contributed by atoms with Crippen molar-refractivity contribution in [3.05, 3.63) is 105 Å². The van der Waals surface area contributed by atoms with Gasteiger partial charge in [-0.25, -0.2) is 4.39 Å². The summed E-state index contributed by atoms with van der Waals surface area (Å²) in [6.07, 6.45) is 0. The second-order valence-corrected chi connectivity index (χ2v) is 8.71. The summed E-state index contributed by atoms with van der Waals surface area (Å²) in [6.45, 7) is 0. The number of carbonyl (C=O) groups excluding carboxylic acids is 2. The molecule has 0 spiro atoms. The van der Waals surface area contributed by atoms with E-state index in [2.05, 4.69) is 0 Å². The smallest absolute Gasteiger partial charge is 0.294 e. The van der Waals surface area contributed by atoms with Gasteiger partial charge in [-0.05, 0) is 54.1 Å². The SMILES string of the molecule is COc1cc(Cl)cc2cc(C(=O)C3=C(O)C(=O)N(c4ccc(F)cc4)C3c3ccc(Cl)cc3)oc12. The van der Waals surface area contributed by atoms with Crippen LogP contribution in [0.15, 0.2) is 82.5 Å². The van der Waals surface area contributed by atoms with E-state index in [4.69, 9.17) is 32.4 Å². The molecule has 1 aliphatic rings. The van der Waals surface area contributed by atoms with Gasteiger partial charge >= 0.3 is 0 Å². The number of nitrogens with zero attached hydrogens (tertiary/aromatic N) is 1. The molecule has 1 aliphatic heterocycles. The summed E-state index contributed by atoms with van der Waals surface area (Å²) in [4.78, 5) is 28.1. The minimum absolute atomic E-state index is 0.116. The van der Waals surface area contributed by atoms with Crippen molar-refractivity contribution in [1.82, 2.24) is 0 Å². The van der Waals surface area contributed by atoms with Crippen molar-refractivity contribution in [3.63, 3.8) is 0 Å². The van der Waals surface area contributed by atoms with Crippen LogP contribution in [0.3, 0.4) is 0 Å². The first-order chi connectivity index (χ1) is 16.8. The number of carbonyl (C=O) groups is 2. The van der Waals surface area contributed by atoms with E-state index in [0.717, 1.165) is 0 Å². The van der Waals surface area contributed by atoms with Gasteiger partial charge in [0.1, 0.15) is 5.82 Å². The van der Waals surface area contributed by atoms with Crippen LogP contribution in [0, 0.1) is 5.82 Å². The molecule has 4 aromatic rings. The molecule has 1 amide bonds. The summed E-state index contributed by atoms with van der Waals surface area (Å²) in [6, 6.07) is 15.3.